The SMILES string of the molecule is CS(=O)(=O)[C@@H]1C[C@@](O)(C(F)(F)F)N=C2Sc3c(ccc4ccccc34)N21. The van der Waals surface area contributed by atoms with Crippen LogP contribution in [0.3, 0.4) is 0 Å². The number of halogens is 3. The Bertz CT molecular complexity index is 1050. The zero-order valence-corrected chi connectivity index (χ0v) is 15.0. The second-order valence-corrected chi connectivity index (χ2v) is 9.48. The summed E-state index contributed by atoms with van der Waals surface area (Å²) >= 11 is 0.939. The lowest BCUT2D eigenvalue weighted by molar-refractivity contribution is -0.259. The third-order valence-electron chi connectivity index (χ3n) is 4.49. The topological polar surface area (TPSA) is 70.0 Å². The summed E-state index contributed by atoms with van der Waals surface area (Å²) in [6.45, 7) is 0. The van der Waals surface area contributed by atoms with Crippen LogP contribution in [0.1, 0.15) is 6.42 Å². The molecule has 0 unspecified atom stereocenters. The van der Waals surface area contributed by atoms with E-state index >= 15 is 0 Å². The number of benzene rings is 2. The van der Waals surface area contributed by atoms with E-state index in [-0.39, 0.29) is 5.17 Å². The van der Waals surface area contributed by atoms with Crippen molar-refractivity contribution in [2.45, 2.75) is 28.6 Å². The Morgan fingerprint density at radius 3 is 2.62 bits per heavy atom. The Morgan fingerprint density at radius 1 is 1.27 bits per heavy atom. The molecule has 0 saturated heterocycles. The highest BCUT2D eigenvalue weighted by Crippen LogP contribution is 2.51. The van der Waals surface area contributed by atoms with Gasteiger partial charge in [-0.25, -0.2) is 13.4 Å². The first-order valence-electron chi connectivity index (χ1n) is 7.58. The molecule has 2 aliphatic rings. The Balaban J connectivity index is 1.97. The van der Waals surface area contributed by atoms with Gasteiger partial charge in [0, 0.05) is 17.6 Å². The number of amidine groups is 1. The van der Waals surface area contributed by atoms with Gasteiger partial charge >= 0.3 is 6.18 Å². The fourth-order valence-corrected chi connectivity index (χ4v) is 5.66. The van der Waals surface area contributed by atoms with Crippen molar-refractivity contribution in [3.05, 3.63) is 36.4 Å². The average molecular weight is 402 g/mol. The molecule has 138 valence electrons. The smallest absolute Gasteiger partial charge is 0.362 e. The molecular weight excluding hydrogens is 389 g/mol. The highest BCUT2D eigenvalue weighted by atomic mass is 32.2. The normalized spacial score (nSPS) is 25.8. The van der Waals surface area contributed by atoms with Crippen molar-refractivity contribution in [1.82, 2.24) is 0 Å². The maximum absolute atomic E-state index is 13.3. The van der Waals surface area contributed by atoms with Crippen LogP contribution in [0.5, 0.6) is 0 Å². The Kier molecular flexibility index (Phi) is 3.64. The summed E-state index contributed by atoms with van der Waals surface area (Å²) in [7, 11) is -3.94. The Hall–Kier alpha value is -1.78. The first-order valence-corrected chi connectivity index (χ1v) is 10.3. The number of hydrogen-bond donors (Lipinski definition) is 1. The van der Waals surface area contributed by atoms with Crippen LogP contribution in [-0.2, 0) is 9.84 Å². The van der Waals surface area contributed by atoms with Crippen molar-refractivity contribution < 1.29 is 26.7 Å². The fraction of sp³-hybridized carbons (Fsp3) is 0.312. The second-order valence-electron chi connectivity index (χ2n) is 6.30. The number of nitrogens with zero attached hydrogens (tertiary/aromatic N) is 2. The van der Waals surface area contributed by atoms with Gasteiger partial charge in [0.25, 0.3) is 5.72 Å². The monoisotopic (exact) mass is 402 g/mol. The van der Waals surface area contributed by atoms with Crippen molar-refractivity contribution in [2.24, 2.45) is 4.99 Å². The largest absolute Gasteiger partial charge is 0.438 e. The number of fused-ring (bicyclic) bond motifs is 5. The minimum absolute atomic E-state index is 0.169. The molecule has 0 aromatic heterocycles. The van der Waals surface area contributed by atoms with E-state index in [1.54, 1.807) is 18.2 Å². The zero-order chi connectivity index (χ0) is 18.9. The van der Waals surface area contributed by atoms with E-state index in [9.17, 15) is 26.7 Å². The molecule has 2 aromatic rings. The van der Waals surface area contributed by atoms with E-state index in [0.717, 1.165) is 28.8 Å². The van der Waals surface area contributed by atoms with E-state index in [2.05, 4.69) is 4.99 Å². The van der Waals surface area contributed by atoms with Gasteiger partial charge in [-0.2, -0.15) is 13.2 Å². The second kappa shape index (κ2) is 5.37. The number of aliphatic imine (C=N–C) groups is 1. The van der Waals surface area contributed by atoms with Crippen LogP contribution in [0.2, 0.25) is 0 Å². The molecule has 2 heterocycles. The van der Waals surface area contributed by atoms with Crippen LogP contribution in [-0.4, -0.2) is 42.2 Å². The molecule has 0 aliphatic carbocycles. The molecular formula is C16H13F3N2O3S2. The standard InChI is InChI=1S/C16H13F3N2O3S2/c1-26(23,24)12-8-15(22,16(17,18)19)20-14-21(12)11-7-6-9-4-2-3-5-10(9)13(11)25-14/h2-7,12,22H,8H2,1H3/t12-,15-/m1/s1. The van der Waals surface area contributed by atoms with Gasteiger partial charge in [-0.1, -0.05) is 30.3 Å². The number of aliphatic hydroxyl groups is 1. The van der Waals surface area contributed by atoms with Gasteiger partial charge in [0.1, 0.15) is 5.37 Å². The third kappa shape index (κ3) is 2.50. The molecule has 10 heteroatoms. The van der Waals surface area contributed by atoms with E-state index in [1.807, 2.05) is 18.2 Å². The molecule has 0 amide bonds. The molecule has 0 bridgehead atoms. The van der Waals surface area contributed by atoms with E-state index < -0.39 is 33.5 Å². The summed E-state index contributed by atoms with van der Waals surface area (Å²) in [6, 6.07) is 10.7. The van der Waals surface area contributed by atoms with E-state index in [0.29, 0.717) is 10.6 Å². The van der Waals surface area contributed by atoms with Crippen molar-refractivity contribution in [3.63, 3.8) is 0 Å². The Labute approximate surface area is 151 Å². The van der Waals surface area contributed by atoms with Crippen LogP contribution < -0.4 is 4.90 Å². The maximum atomic E-state index is 13.3. The number of rotatable bonds is 1. The van der Waals surface area contributed by atoms with Gasteiger partial charge in [-0.3, -0.25) is 0 Å². The number of hydrogen-bond acceptors (Lipinski definition) is 6. The zero-order valence-electron chi connectivity index (χ0n) is 13.4. The van der Waals surface area contributed by atoms with Gasteiger partial charge in [0.05, 0.1) is 5.69 Å². The average Bonchev–Trinajstić information content (AvgIpc) is 2.90. The van der Waals surface area contributed by atoms with Gasteiger partial charge in [0.15, 0.2) is 15.0 Å². The minimum Gasteiger partial charge on any atom is -0.362 e. The molecule has 0 radical (unpaired) electrons. The number of alkyl halides is 3. The van der Waals surface area contributed by atoms with E-state index in [1.165, 1.54) is 4.90 Å². The molecule has 0 spiro atoms. The number of thioether (sulfide) groups is 1. The molecule has 5 nitrogen and oxygen atoms in total. The van der Waals surface area contributed by atoms with Crippen molar-refractivity contribution >= 4 is 43.2 Å². The Morgan fingerprint density at radius 2 is 1.96 bits per heavy atom. The molecule has 2 aromatic carbocycles. The van der Waals surface area contributed by atoms with Crippen molar-refractivity contribution in [3.8, 4) is 0 Å². The lowest BCUT2D eigenvalue weighted by Gasteiger charge is -2.39. The summed E-state index contributed by atoms with van der Waals surface area (Å²) in [5.41, 5.74) is -2.95. The van der Waals surface area contributed by atoms with Gasteiger partial charge in [0.2, 0.25) is 0 Å². The van der Waals surface area contributed by atoms with Crippen molar-refractivity contribution in [2.75, 3.05) is 11.2 Å². The van der Waals surface area contributed by atoms with Crippen LogP contribution in [0.15, 0.2) is 46.3 Å². The predicted molar refractivity (Wildman–Crippen MR) is 94.0 cm³/mol. The summed E-state index contributed by atoms with van der Waals surface area (Å²) in [5.74, 6) is 0. The molecule has 0 saturated carbocycles. The van der Waals surface area contributed by atoms with Crippen LogP contribution in [0.4, 0.5) is 18.9 Å². The highest BCUT2D eigenvalue weighted by molar-refractivity contribution is 8.15. The quantitative estimate of drug-likeness (QED) is 0.794. The molecule has 2 aliphatic heterocycles. The molecule has 2 atom stereocenters. The lowest BCUT2D eigenvalue weighted by Crippen LogP contribution is -2.57. The maximum Gasteiger partial charge on any atom is 0.438 e. The minimum atomic E-state index is -5.08. The van der Waals surface area contributed by atoms with Gasteiger partial charge < -0.3 is 10.0 Å². The van der Waals surface area contributed by atoms with E-state index in [4.69, 9.17) is 0 Å². The summed E-state index contributed by atoms with van der Waals surface area (Å²) in [4.78, 5) is 5.41. The third-order valence-corrected chi connectivity index (χ3v) is 6.96. The lowest BCUT2D eigenvalue weighted by atomic mass is 10.1. The molecule has 4 rings (SSSR count). The molecule has 0 fully saturated rings. The predicted octanol–water partition coefficient (Wildman–Crippen LogP) is 3.13. The summed E-state index contributed by atoms with van der Waals surface area (Å²) in [5, 5.41) is 10.00. The first kappa shape index (κ1) is 17.6. The first-order chi connectivity index (χ1) is 12.0. The molecule has 26 heavy (non-hydrogen) atoms. The van der Waals surface area contributed by atoms with Gasteiger partial charge in [-0.05, 0) is 28.6 Å². The van der Waals surface area contributed by atoms with Gasteiger partial charge in [-0.15, -0.1) is 0 Å². The highest BCUT2D eigenvalue weighted by Gasteiger charge is 2.61. The van der Waals surface area contributed by atoms with Crippen LogP contribution in [0, 0.1) is 0 Å². The number of anilines is 1. The summed E-state index contributed by atoms with van der Waals surface area (Å²) in [6.07, 6.45) is -5.29. The number of sulfone groups is 1. The summed E-state index contributed by atoms with van der Waals surface area (Å²) < 4.78 is 64.5. The fourth-order valence-electron chi connectivity index (χ4n) is 3.19. The van der Waals surface area contributed by atoms with Crippen LogP contribution >= 0.6 is 11.8 Å². The van der Waals surface area contributed by atoms with Crippen LogP contribution in [0.25, 0.3) is 10.8 Å². The van der Waals surface area contributed by atoms with Crippen molar-refractivity contribution in [1.29, 1.82) is 0 Å². The molecule has 1 N–H and O–H groups in total.